The van der Waals surface area contributed by atoms with Gasteiger partial charge in [-0.25, -0.2) is 4.79 Å². The van der Waals surface area contributed by atoms with Gasteiger partial charge in [0.05, 0.1) is 16.0 Å². The topological polar surface area (TPSA) is 76.2 Å². The van der Waals surface area contributed by atoms with Crippen molar-refractivity contribution in [2.45, 2.75) is 6.54 Å². The summed E-state index contributed by atoms with van der Waals surface area (Å²) < 4.78 is 5.11. The van der Waals surface area contributed by atoms with Crippen molar-refractivity contribution in [2.24, 2.45) is 5.73 Å². The Labute approximate surface area is 84.1 Å². The SMILES string of the molecule is NCc1nsc2ccc(C(=O)O)cc12. The van der Waals surface area contributed by atoms with E-state index in [1.807, 2.05) is 0 Å². The molecule has 0 saturated heterocycles. The van der Waals surface area contributed by atoms with Crippen molar-refractivity contribution in [1.82, 2.24) is 4.37 Å². The maximum Gasteiger partial charge on any atom is 0.335 e. The number of rotatable bonds is 2. The molecule has 0 aliphatic rings. The van der Waals surface area contributed by atoms with E-state index in [0.29, 0.717) is 6.54 Å². The van der Waals surface area contributed by atoms with Crippen molar-refractivity contribution in [2.75, 3.05) is 0 Å². The minimum atomic E-state index is -0.930. The molecule has 3 N–H and O–H groups in total. The number of carbonyl (C=O) groups is 1. The highest BCUT2D eigenvalue weighted by Gasteiger charge is 2.08. The van der Waals surface area contributed by atoms with Crippen molar-refractivity contribution in [1.29, 1.82) is 0 Å². The predicted molar refractivity (Wildman–Crippen MR) is 54.5 cm³/mol. The van der Waals surface area contributed by atoms with Gasteiger partial charge in [0.1, 0.15) is 0 Å². The van der Waals surface area contributed by atoms with Crippen LogP contribution in [0.3, 0.4) is 0 Å². The molecule has 0 radical (unpaired) electrons. The Kier molecular flexibility index (Phi) is 2.18. The summed E-state index contributed by atoms with van der Waals surface area (Å²) in [5.74, 6) is -0.930. The number of fused-ring (bicyclic) bond motifs is 1. The van der Waals surface area contributed by atoms with Crippen LogP contribution in [0.15, 0.2) is 18.2 Å². The summed E-state index contributed by atoms with van der Waals surface area (Å²) in [6, 6.07) is 4.95. The number of nitrogens with two attached hydrogens (primary N) is 1. The molecule has 0 fully saturated rings. The molecular formula is C9H8N2O2S. The molecule has 5 heteroatoms. The van der Waals surface area contributed by atoms with Crippen LogP contribution in [-0.4, -0.2) is 15.4 Å². The Morgan fingerprint density at radius 3 is 3.00 bits per heavy atom. The minimum absolute atomic E-state index is 0.271. The second-order valence-electron chi connectivity index (χ2n) is 2.85. The zero-order chi connectivity index (χ0) is 10.1. The van der Waals surface area contributed by atoms with Crippen LogP contribution in [-0.2, 0) is 6.54 Å². The molecule has 0 unspecified atom stereocenters. The van der Waals surface area contributed by atoms with Gasteiger partial charge < -0.3 is 10.8 Å². The highest BCUT2D eigenvalue weighted by molar-refractivity contribution is 7.13. The van der Waals surface area contributed by atoms with Gasteiger partial charge in [0.15, 0.2) is 0 Å². The standard InChI is InChI=1S/C9H8N2O2S/c10-4-7-6-3-5(9(12)13)1-2-8(6)14-11-7/h1-3H,4,10H2,(H,12,13). The van der Waals surface area contributed by atoms with Gasteiger partial charge in [-0.2, -0.15) is 4.37 Å². The van der Waals surface area contributed by atoms with E-state index < -0.39 is 5.97 Å². The average Bonchev–Trinajstić information content (AvgIpc) is 2.59. The quantitative estimate of drug-likeness (QED) is 0.783. The van der Waals surface area contributed by atoms with Crippen molar-refractivity contribution in [3.05, 3.63) is 29.5 Å². The van der Waals surface area contributed by atoms with Gasteiger partial charge in [0.2, 0.25) is 0 Å². The first-order valence-corrected chi connectivity index (χ1v) is 4.81. The molecule has 0 bridgehead atoms. The molecule has 4 nitrogen and oxygen atoms in total. The monoisotopic (exact) mass is 208 g/mol. The number of nitrogens with zero attached hydrogens (tertiary/aromatic N) is 1. The van der Waals surface area contributed by atoms with Crippen LogP contribution in [0.2, 0.25) is 0 Å². The van der Waals surface area contributed by atoms with E-state index in [1.54, 1.807) is 18.2 Å². The van der Waals surface area contributed by atoms with Crippen LogP contribution in [0.1, 0.15) is 16.1 Å². The molecule has 14 heavy (non-hydrogen) atoms. The first kappa shape index (κ1) is 9.11. The molecule has 0 aliphatic carbocycles. The molecule has 0 atom stereocenters. The third-order valence-electron chi connectivity index (χ3n) is 1.98. The molecule has 1 aromatic heterocycles. The largest absolute Gasteiger partial charge is 0.478 e. The van der Waals surface area contributed by atoms with Crippen molar-refractivity contribution < 1.29 is 9.90 Å². The smallest absolute Gasteiger partial charge is 0.335 e. The summed E-state index contributed by atoms with van der Waals surface area (Å²) in [4.78, 5) is 10.7. The Hall–Kier alpha value is -1.46. The normalized spacial score (nSPS) is 10.6. The van der Waals surface area contributed by atoms with Gasteiger partial charge in [0, 0.05) is 11.9 Å². The van der Waals surface area contributed by atoms with Crippen molar-refractivity contribution in [3.63, 3.8) is 0 Å². The molecule has 72 valence electrons. The number of carboxylic acid groups (broad SMARTS) is 1. The van der Waals surface area contributed by atoms with E-state index in [2.05, 4.69) is 4.37 Å². The van der Waals surface area contributed by atoms with E-state index in [-0.39, 0.29) is 5.56 Å². The lowest BCUT2D eigenvalue weighted by molar-refractivity contribution is 0.0697. The number of hydrogen-bond donors (Lipinski definition) is 2. The van der Waals surface area contributed by atoms with Crippen LogP contribution in [0.25, 0.3) is 10.1 Å². The fraction of sp³-hybridized carbons (Fsp3) is 0.111. The Morgan fingerprint density at radius 2 is 2.36 bits per heavy atom. The van der Waals surface area contributed by atoms with Gasteiger partial charge in [-0.15, -0.1) is 0 Å². The number of carboxylic acids is 1. The number of aromatic carboxylic acids is 1. The van der Waals surface area contributed by atoms with Gasteiger partial charge in [0.25, 0.3) is 0 Å². The Balaban J connectivity index is 2.67. The summed E-state index contributed by atoms with van der Waals surface area (Å²) in [5, 5.41) is 9.64. The summed E-state index contributed by atoms with van der Waals surface area (Å²) in [6.45, 7) is 0.336. The highest BCUT2D eigenvalue weighted by Crippen LogP contribution is 2.23. The summed E-state index contributed by atoms with van der Waals surface area (Å²) >= 11 is 1.34. The van der Waals surface area contributed by atoms with Gasteiger partial charge in [-0.1, -0.05) is 0 Å². The van der Waals surface area contributed by atoms with Crippen LogP contribution in [0.4, 0.5) is 0 Å². The fourth-order valence-corrected chi connectivity index (χ4v) is 2.05. The molecule has 1 aromatic carbocycles. The molecule has 0 saturated carbocycles. The first-order valence-electron chi connectivity index (χ1n) is 4.04. The second-order valence-corrected chi connectivity index (χ2v) is 3.65. The van der Waals surface area contributed by atoms with Crippen LogP contribution < -0.4 is 5.73 Å². The first-order chi connectivity index (χ1) is 6.72. The summed E-state index contributed by atoms with van der Waals surface area (Å²) in [6.07, 6.45) is 0. The highest BCUT2D eigenvalue weighted by atomic mass is 32.1. The predicted octanol–water partition coefficient (Wildman–Crippen LogP) is 1.45. The van der Waals surface area contributed by atoms with Crippen LogP contribution >= 0.6 is 11.5 Å². The van der Waals surface area contributed by atoms with E-state index >= 15 is 0 Å². The third-order valence-corrected chi connectivity index (χ3v) is 2.85. The average molecular weight is 208 g/mol. The lowest BCUT2D eigenvalue weighted by Gasteiger charge is -1.95. The lowest BCUT2D eigenvalue weighted by atomic mass is 10.1. The van der Waals surface area contributed by atoms with Gasteiger partial charge in [-0.05, 0) is 29.7 Å². The van der Waals surface area contributed by atoms with Gasteiger partial charge >= 0.3 is 5.97 Å². The molecule has 0 spiro atoms. The maximum atomic E-state index is 10.7. The summed E-state index contributed by atoms with van der Waals surface area (Å²) in [7, 11) is 0. The number of benzene rings is 1. The molecule has 2 aromatic rings. The van der Waals surface area contributed by atoms with Crippen LogP contribution in [0, 0.1) is 0 Å². The Morgan fingerprint density at radius 1 is 1.57 bits per heavy atom. The molecule has 2 rings (SSSR count). The van der Waals surface area contributed by atoms with E-state index in [0.717, 1.165) is 15.8 Å². The summed E-state index contributed by atoms with van der Waals surface area (Å²) in [5.41, 5.74) is 6.51. The molecule has 0 amide bonds. The number of hydrogen-bond acceptors (Lipinski definition) is 4. The van der Waals surface area contributed by atoms with E-state index in [9.17, 15) is 4.79 Å². The minimum Gasteiger partial charge on any atom is -0.478 e. The van der Waals surface area contributed by atoms with E-state index in [1.165, 1.54) is 11.5 Å². The third kappa shape index (κ3) is 1.36. The second kappa shape index (κ2) is 3.36. The maximum absolute atomic E-state index is 10.7. The lowest BCUT2D eigenvalue weighted by Crippen LogP contribution is -1.98. The molecular weight excluding hydrogens is 200 g/mol. The fourth-order valence-electron chi connectivity index (χ4n) is 1.27. The Bertz CT molecular complexity index is 493. The molecule has 0 aliphatic heterocycles. The molecule has 1 heterocycles. The number of aromatic nitrogens is 1. The van der Waals surface area contributed by atoms with E-state index in [4.69, 9.17) is 10.8 Å². The zero-order valence-corrected chi connectivity index (χ0v) is 8.04. The zero-order valence-electron chi connectivity index (χ0n) is 7.23. The van der Waals surface area contributed by atoms with Gasteiger partial charge in [-0.3, -0.25) is 0 Å². The van der Waals surface area contributed by atoms with Crippen LogP contribution in [0.5, 0.6) is 0 Å². The van der Waals surface area contributed by atoms with Crippen molar-refractivity contribution in [3.8, 4) is 0 Å². The van der Waals surface area contributed by atoms with Crippen molar-refractivity contribution >= 4 is 27.6 Å².